The predicted octanol–water partition coefficient (Wildman–Crippen LogP) is 1.64. The SMILES string of the molecule is COc1ccc(S(=O)(=O)NCCCSC(C)=O)cc1. The highest BCUT2D eigenvalue weighted by Crippen LogP contribution is 2.15. The van der Waals surface area contributed by atoms with Gasteiger partial charge in [-0.25, -0.2) is 13.1 Å². The van der Waals surface area contributed by atoms with Crippen LogP contribution in [0.5, 0.6) is 5.75 Å². The van der Waals surface area contributed by atoms with Crippen molar-refractivity contribution >= 4 is 26.9 Å². The van der Waals surface area contributed by atoms with Gasteiger partial charge in [-0.05, 0) is 30.7 Å². The molecule has 7 heteroatoms. The van der Waals surface area contributed by atoms with Gasteiger partial charge in [-0.3, -0.25) is 4.79 Å². The molecule has 0 bridgehead atoms. The Morgan fingerprint density at radius 1 is 1.32 bits per heavy atom. The summed E-state index contributed by atoms with van der Waals surface area (Å²) >= 11 is 1.19. The van der Waals surface area contributed by atoms with E-state index in [0.29, 0.717) is 24.5 Å². The molecule has 5 nitrogen and oxygen atoms in total. The largest absolute Gasteiger partial charge is 0.497 e. The van der Waals surface area contributed by atoms with Crippen molar-refractivity contribution in [3.05, 3.63) is 24.3 Å². The van der Waals surface area contributed by atoms with Crippen molar-refractivity contribution in [2.75, 3.05) is 19.4 Å². The second-order valence-corrected chi connectivity index (χ2v) is 6.81. The van der Waals surface area contributed by atoms with Gasteiger partial charge >= 0.3 is 0 Å². The average molecular weight is 303 g/mol. The first-order chi connectivity index (χ1) is 8.95. The van der Waals surface area contributed by atoms with Gasteiger partial charge in [-0.15, -0.1) is 0 Å². The Bertz CT molecular complexity index is 511. The molecule has 0 aliphatic heterocycles. The number of hydrogen-bond donors (Lipinski definition) is 1. The number of methoxy groups -OCH3 is 1. The van der Waals surface area contributed by atoms with E-state index in [4.69, 9.17) is 4.74 Å². The zero-order chi connectivity index (χ0) is 14.3. The molecule has 0 saturated heterocycles. The fraction of sp³-hybridized carbons (Fsp3) is 0.417. The molecule has 1 N–H and O–H groups in total. The topological polar surface area (TPSA) is 72.5 Å². The Morgan fingerprint density at radius 3 is 2.47 bits per heavy atom. The first kappa shape index (κ1) is 16.0. The molecule has 1 rings (SSSR count). The average Bonchev–Trinajstić information content (AvgIpc) is 2.38. The zero-order valence-corrected chi connectivity index (χ0v) is 12.5. The van der Waals surface area contributed by atoms with Crippen LogP contribution in [0, 0.1) is 0 Å². The van der Waals surface area contributed by atoms with Crippen LogP contribution in [-0.2, 0) is 14.8 Å². The summed E-state index contributed by atoms with van der Waals surface area (Å²) in [5.41, 5.74) is 0. The molecule has 106 valence electrons. The number of thioether (sulfide) groups is 1. The number of nitrogens with one attached hydrogen (secondary N) is 1. The van der Waals surface area contributed by atoms with Gasteiger partial charge < -0.3 is 4.74 Å². The molecule has 0 radical (unpaired) electrons. The van der Waals surface area contributed by atoms with Gasteiger partial charge in [0.1, 0.15) is 5.75 Å². The highest BCUT2D eigenvalue weighted by Gasteiger charge is 2.12. The summed E-state index contributed by atoms with van der Waals surface area (Å²) in [6.07, 6.45) is 0.611. The van der Waals surface area contributed by atoms with Crippen LogP contribution in [0.3, 0.4) is 0 Å². The van der Waals surface area contributed by atoms with Gasteiger partial charge in [0.2, 0.25) is 10.0 Å². The maximum atomic E-state index is 11.9. The number of rotatable bonds is 7. The van der Waals surface area contributed by atoms with E-state index in [1.807, 2.05) is 0 Å². The van der Waals surface area contributed by atoms with Gasteiger partial charge in [-0.2, -0.15) is 0 Å². The standard InChI is InChI=1S/C12H17NO4S2/c1-10(14)18-9-3-8-13-19(15,16)12-6-4-11(17-2)5-7-12/h4-7,13H,3,8-9H2,1-2H3. The molecule has 0 fully saturated rings. The van der Waals surface area contributed by atoms with E-state index in [-0.39, 0.29) is 10.0 Å². The molecule has 1 aromatic carbocycles. The molecule has 0 atom stereocenters. The van der Waals surface area contributed by atoms with Crippen LogP contribution < -0.4 is 9.46 Å². The first-order valence-electron chi connectivity index (χ1n) is 5.73. The van der Waals surface area contributed by atoms with Crippen LogP contribution in [0.2, 0.25) is 0 Å². The summed E-state index contributed by atoms with van der Waals surface area (Å²) in [6.45, 7) is 1.81. The van der Waals surface area contributed by atoms with Gasteiger partial charge in [0.25, 0.3) is 0 Å². The molecule has 0 spiro atoms. The summed E-state index contributed by atoms with van der Waals surface area (Å²) in [5.74, 6) is 1.22. The van der Waals surface area contributed by atoms with Crippen molar-refractivity contribution < 1.29 is 17.9 Å². The number of sulfonamides is 1. The predicted molar refractivity (Wildman–Crippen MR) is 75.9 cm³/mol. The fourth-order valence-corrected chi connectivity index (χ4v) is 2.98. The van der Waals surface area contributed by atoms with E-state index >= 15 is 0 Å². The van der Waals surface area contributed by atoms with Gasteiger partial charge in [0.05, 0.1) is 12.0 Å². The minimum atomic E-state index is -3.49. The van der Waals surface area contributed by atoms with Crippen molar-refractivity contribution in [1.29, 1.82) is 0 Å². The summed E-state index contributed by atoms with van der Waals surface area (Å²) in [5, 5.41) is 0.0398. The Hall–Kier alpha value is -1.05. The maximum absolute atomic E-state index is 11.9. The molecule has 0 amide bonds. The van der Waals surface area contributed by atoms with Gasteiger partial charge in [-0.1, -0.05) is 11.8 Å². The van der Waals surface area contributed by atoms with E-state index < -0.39 is 10.0 Å². The quantitative estimate of drug-likeness (QED) is 0.775. The summed E-state index contributed by atoms with van der Waals surface area (Å²) in [4.78, 5) is 10.9. The number of carbonyl (C=O) groups is 1. The Balaban J connectivity index is 2.48. The lowest BCUT2D eigenvalue weighted by Crippen LogP contribution is -2.25. The van der Waals surface area contributed by atoms with Crippen LogP contribution in [0.1, 0.15) is 13.3 Å². The highest BCUT2D eigenvalue weighted by molar-refractivity contribution is 8.13. The van der Waals surface area contributed by atoms with Crippen molar-refractivity contribution in [2.45, 2.75) is 18.2 Å². The van der Waals surface area contributed by atoms with Crippen LogP contribution in [0.4, 0.5) is 0 Å². The molecular weight excluding hydrogens is 286 g/mol. The highest BCUT2D eigenvalue weighted by atomic mass is 32.2. The molecule has 1 aromatic rings. The second kappa shape index (κ2) is 7.52. The normalized spacial score (nSPS) is 11.3. The van der Waals surface area contributed by atoms with E-state index in [0.717, 1.165) is 0 Å². The minimum Gasteiger partial charge on any atom is -0.497 e. The molecule has 0 aliphatic carbocycles. The lowest BCUT2D eigenvalue weighted by Gasteiger charge is -2.07. The fourth-order valence-electron chi connectivity index (χ4n) is 1.33. The third kappa shape index (κ3) is 5.63. The number of benzene rings is 1. The Morgan fingerprint density at radius 2 is 1.95 bits per heavy atom. The molecule has 0 aliphatic rings. The molecule has 0 heterocycles. The minimum absolute atomic E-state index is 0.0398. The third-order valence-corrected chi connectivity index (χ3v) is 4.66. The maximum Gasteiger partial charge on any atom is 0.240 e. The van der Waals surface area contributed by atoms with Crippen molar-refractivity contribution in [2.24, 2.45) is 0 Å². The van der Waals surface area contributed by atoms with Crippen molar-refractivity contribution in [3.63, 3.8) is 0 Å². The second-order valence-electron chi connectivity index (χ2n) is 3.77. The molecular formula is C12H17NO4S2. The lowest BCUT2D eigenvalue weighted by atomic mass is 10.3. The van der Waals surface area contributed by atoms with E-state index in [1.165, 1.54) is 37.9 Å². The third-order valence-electron chi connectivity index (χ3n) is 2.29. The Kier molecular flexibility index (Phi) is 6.33. The number of hydrogen-bond acceptors (Lipinski definition) is 5. The summed E-state index contributed by atoms with van der Waals surface area (Å²) in [6, 6.07) is 6.18. The monoisotopic (exact) mass is 303 g/mol. The van der Waals surface area contributed by atoms with Crippen LogP contribution >= 0.6 is 11.8 Å². The molecule has 0 saturated carbocycles. The molecule has 0 aromatic heterocycles. The lowest BCUT2D eigenvalue weighted by molar-refractivity contribution is -0.109. The van der Waals surface area contributed by atoms with E-state index in [1.54, 1.807) is 12.1 Å². The number of carbonyl (C=O) groups excluding carboxylic acids is 1. The van der Waals surface area contributed by atoms with E-state index in [2.05, 4.69) is 4.72 Å². The summed E-state index contributed by atoms with van der Waals surface area (Å²) in [7, 11) is -1.96. The van der Waals surface area contributed by atoms with Gasteiger partial charge in [0.15, 0.2) is 5.12 Å². The van der Waals surface area contributed by atoms with E-state index in [9.17, 15) is 13.2 Å². The smallest absolute Gasteiger partial charge is 0.240 e. The Labute approximate surface area is 117 Å². The van der Waals surface area contributed by atoms with Crippen LogP contribution in [0.25, 0.3) is 0 Å². The van der Waals surface area contributed by atoms with Crippen LogP contribution in [0.15, 0.2) is 29.2 Å². The van der Waals surface area contributed by atoms with Crippen LogP contribution in [-0.4, -0.2) is 32.9 Å². The number of ether oxygens (including phenoxy) is 1. The van der Waals surface area contributed by atoms with Gasteiger partial charge in [0, 0.05) is 19.2 Å². The van der Waals surface area contributed by atoms with Crippen molar-refractivity contribution in [1.82, 2.24) is 4.72 Å². The molecule has 0 unspecified atom stereocenters. The van der Waals surface area contributed by atoms with Crippen molar-refractivity contribution in [3.8, 4) is 5.75 Å². The zero-order valence-electron chi connectivity index (χ0n) is 10.9. The molecule has 19 heavy (non-hydrogen) atoms. The summed E-state index contributed by atoms with van der Waals surface area (Å²) < 4.78 is 31.3. The first-order valence-corrected chi connectivity index (χ1v) is 8.19.